The summed E-state index contributed by atoms with van der Waals surface area (Å²) < 4.78 is 1.24. The van der Waals surface area contributed by atoms with Crippen LogP contribution < -0.4 is 5.30 Å². The highest BCUT2D eigenvalue weighted by atomic mass is 32.1. The zero-order valence-corrected chi connectivity index (χ0v) is 10.5. The van der Waals surface area contributed by atoms with Gasteiger partial charge in [-0.15, -0.1) is 20.6 Å². The third kappa shape index (κ3) is 1.75. The summed E-state index contributed by atoms with van der Waals surface area (Å²) in [6, 6.07) is 16.6. The molecule has 3 aromatic rings. The molecule has 0 bridgehead atoms. The normalized spacial score (nSPS) is 10.8. The van der Waals surface area contributed by atoms with Gasteiger partial charge in [0.25, 0.3) is 0 Å². The monoisotopic (exact) mass is 243 g/mol. The van der Waals surface area contributed by atoms with Crippen LogP contribution in [0, 0.1) is 0 Å². The number of hydrogen-bond acceptors (Lipinski definition) is 2. The molecular weight excluding hydrogens is 233 g/mol. The van der Waals surface area contributed by atoms with Crippen molar-refractivity contribution in [1.82, 2.24) is 4.98 Å². The Labute approximate surface area is 100 Å². The van der Waals surface area contributed by atoms with Gasteiger partial charge in [0.1, 0.15) is 5.01 Å². The molecule has 1 unspecified atom stereocenters. The largest absolute Gasteiger partial charge is 0.236 e. The maximum Gasteiger partial charge on any atom is 0.124 e. The van der Waals surface area contributed by atoms with Crippen molar-refractivity contribution < 1.29 is 0 Å². The van der Waals surface area contributed by atoms with Gasteiger partial charge in [0.15, 0.2) is 0 Å². The molecule has 2 aromatic carbocycles. The molecule has 0 aliphatic rings. The Bertz CT molecular complexity index is 631. The number of benzene rings is 2. The summed E-state index contributed by atoms with van der Waals surface area (Å²) in [5.41, 5.74) is 2.27. The van der Waals surface area contributed by atoms with E-state index in [1.165, 1.54) is 15.6 Å². The Morgan fingerprint density at radius 1 is 1.00 bits per heavy atom. The second-order valence-corrected chi connectivity index (χ2v) is 5.31. The molecule has 0 N–H and O–H groups in total. The molecule has 0 aliphatic heterocycles. The van der Waals surface area contributed by atoms with E-state index in [4.69, 9.17) is 0 Å². The van der Waals surface area contributed by atoms with E-state index in [0.29, 0.717) is 0 Å². The van der Waals surface area contributed by atoms with Gasteiger partial charge in [-0.1, -0.05) is 36.4 Å². The molecule has 1 heterocycles. The van der Waals surface area contributed by atoms with E-state index in [-0.39, 0.29) is 0 Å². The lowest BCUT2D eigenvalue weighted by molar-refractivity contribution is 1.48. The second-order valence-electron chi connectivity index (χ2n) is 3.61. The molecule has 1 aromatic heterocycles. The predicted molar refractivity (Wildman–Crippen MR) is 74.4 cm³/mol. The number of nitrogens with zero attached hydrogens (tertiary/aromatic N) is 1. The summed E-state index contributed by atoms with van der Waals surface area (Å²) in [6.07, 6.45) is 0. The highest BCUT2D eigenvalue weighted by Gasteiger charge is 2.05. The molecule has 0 spiro atoms. The topological polar surface area (TPSA) is 12.9 Å². The summed E-state index contributed by atoms with van der Waals surface area (Å²) in [5, 5.41) is 2.27. The molecule has 0 fully saturated rings. The number of rotatable bonds is 1. The Morgan fingerprint density at radius 3 is 2.62 bits per heavy atom. The summed E-state index contributed by atoms with van der Waals surface area (Å²) >= 11 is 1.74. The van der Waals surface area contributed by atoms with Crippen LogP contribution in [-0.4, -0.2) is 4.98 Å². The van der Waals surface area contributed by atoms with Crippen LogP contribution in [0.1, 0.15) is 0 Å². The van der Waals surface area contributed by atoms with Crippen LogP contribution in [-0.2, 0) is 0 Å². The highest BCUT2D eigenvalue weighted by molar-refractivity contribution is 7.27. The highest BCUT2D eigenvalue weighted by Crippen LogP contribution is 2.29. The minimum absolute atomic E-state index is 1.08. The van der Waals surface area contributed by atoms with Gasteiger partial charge in [0.05, 0.1) is 10.2 Å². The van der Waals surface area contributed by atoms with Crippen molar-refractivity contribution >= 4 is 36.1 Å². The lowest BCUT2D eigenvalue weighted by Crippen LogP contribution is -1.86. The minimum Gasteiger partial charge on any atom is -0.236 e. The summed E-state index contributed by atoms with van der Waals surface area (Å²) in [6.45, 7) is 0. The fraction of sp³-hybridized carbons (Fsp3) is 0. The molecule has 0 saturated heterocycles. The van der Waals surface area contributed by atoms with Gasteiger partial charge in [-0.25, -0.2) is 4.98 Å². The lowest BCUT2D eigenvalue weighted by atomic mass is 10.2. The van der Waals surface area contributed by atoms with Crippen LogP contribution in [0.4, 0.5) is 0 Å². The van der Waals surface area contributed by atoms with Gasteiger partial charge in [0.2, 0.25) is 0 Å². The van der Waals surface area contributed by atoms with Crippen molar-refractivity contribution in [2.45, 2.75) is 0 Å². The molecule has 1 nitrogen and oxygen atoms in total. The molecule has 3 rings (SSSR count). The summed E-state index contributed by atoms with van der Waals surface area (Å²) in [4.78, 5) is 4.65. The van der Waals surface area contributed by atoms with Crippen molar-refractivity contribution in [3.63, 3.8) is 0 Å². The smallest absolute Gasteiger partial charge is 0.124 e. The van der Waals surface area contributed by atoms with Crippen molar-refractivity contribution in [3.8, 4) is 10.6 Å². The fourth-order valence-corrected chi connectivity index (χ4v) is 2.85. The Kier molecular flexibility index (Phi) is 2.47. The molecule has 0 radical (unpaired) electrons. The number of thiazole rings is 1. The van der Waals surface area contributed by atoms with Gasteiger partial charge in [0, 0.05) is 5.56 Å². The van der Waals surface area contributed by atoms with E-state index in [9.17, 15) is 0 Å². The van der Waals surface area contributed by atoms with Gasteiger partial charge in [-0.3, -0.25) is 0 Å². The van der Waals surface area contributed by atoms with Crippen LogP contribution in [0.5, 0.6) is 0 Å². The van der Waals surface area contributed by atoms with E-state index in [2.05, 4.69) is 44.6 Å². The van der Waals surface area contributed by atoms with Crippen LogP contribution in [0.2, 0.25) is 0 Å². The van der Waals surface area contributed by atoms with E-state index in [1.54, 1.807) is 11.3 Å². The number of aromatic nitrogens is 1. The average Bonchev–Trinajstić information content (AvgIpc) is 2.73. The second kappa shape index (κ2) is 3.97. The zero-order valence-electron chi connectivity index (χ0n) is 8.55. The van der Waals surface area contributed by atoms with Crippen molar-refractivity contribution in [2.24, 2.45) is 0 Å². The average molecular weight is 243 g/mol. The number of hydrogen-bond donors (Lipinski definition) is 0. The minimum atomic E-state index is 1.08. The van der Waals surface area contributed by atoms with Crippen molar-refractivity contribution in [3.05, 3.63) is 48.5 Å². The van der Waals surface area contributed by atoms with Crippen LogP contribution in [0.15, 0.2) is 48.5 Å². The van der Waals surface area contributed by atoms with E-state index >= 15 is 0 Å². The molecule has 3 heteroatoms. The van der Waals surface area contributed by atoms with Gasteiger partial charge < -0.3 is 0 Å². The maximum atomic E-state index is 4.65. The van der Waals surface area contributed by atoms with Crippen molar-refractivity contribution in [2.75, 3.05) is 0 Å². The fourth-order valence-electron chi connectivity index (χ4n) is 1.65. The van der Waals surface area contributed by atoms with E-state index < -0.39 is 0 Å². The molecule has 78 valence electrons. The van der Waals surface area contributed by atoms with Crippen LogP contribution in [0.3, 0.4) is 0 Å². The molecule has 1 atom stereocenters. The molecule has 0 amide bonds. The van der Waals surface area contributed by atoms with Crippen molar-refractivity contribution in [1.29, 1.82) is 0 Å². The zero-order chi connectivity index (χ0) is 11.0. The van der Waals surface area contributed by atoms with Gasteiger partial charge in [-0.2, -0.15) is 0 Å². The predicted octanol–water partition coefficient (Wildman–Crippen LogP) is 3.46. The first-order valence-electron chi connectivity index (χ1n) is 5.04. The third-order valence-corrected chi connectivity index (χ3v) is 3.88. The molecular formula is C13H10NPS. The van der Waals surface area contributed by atoms with E-state index in [1.807, 2.05) is 18.2 Å². The van der Waals surface area contributed by atoms with E-state index in [0.717, 1.165) is 10.5 Å². The number of fused-ring (bicyclic) bond motifs is 1. The third-order valence-electron chi connectivity index (χ3n) is 2.43. The SMILES string of the molecule is Pc1ccc2sc(-c3ccccc3)nc2c1. The van der Waals surface area contributed by atoms with Gasteiger partial charge in [-0.05, 0) is 17.4 Å². The Balaban J connectivity index is 2.19. The summed E-state index contributed by atoms with van der Waals surface area (Å²) in [7, 11) is 2.70. The first kappa shape index (κ1) is 9.95. The first-order chi connectivity index (χ1) is 7.83. The van der Waals surface area contributed by atoms with Crippen LogP contribution >= 0.6 is 20.6 Å². The molecule has 16 heavy (non-hydrogen) atoms. The lowest BCUT2D eigenvalue weighted by Gasteiger charge is -1.92. The summed E-state index contributed by atoms with van der Waals surface area (Å²) in [5.74, 6) is 0. The quantitative estimate of drug-likeness (QED) is 0.596. The Morgan fingerprint density at radius 2 is 1.81 bits per heavy atom. The molecule has 0 saturated carbocycles. The first-order valence-corrected chi connectivity index (χ1v) is 6.44. The maximum absolute atomic E-state index is 4.65. The molecule has 0 aliphatic carbocycles. The van der Waals surface area contributed by atoms with Gasteiger partial charge >= 0.3 is 0 Å². The standard InChI is InChI=1S/C13H10NPS/c15-10-6-7-12-11(8-10)14-13(16-12)9-4-2-1-3-5-9/h1-8H,15H2. The Hall–Kier alpha value is -1.24. The van der Waals surface area contributed by atoms with Crippen LogP contribution in [0.25, 0.3) is 20.8 Å².